The van der Waals surface area contributed by atoms with E-state index in [1.165, 1.54) is 5.56 Å². The molecule has 3 aromatic rings. The van der Waals surface area contributed by atoms with Crippen LogP contribution in [0.1, 0.15) is 36.2 Å². The summed E-state index contributed by atoms with van der Waals surface area (Å²) in [6, 6.07) is 18.6. The van der Waals surface area contributed by atoms with E-state index < -0.39 is 5.97 Å². The maximum absolute atomic E-state index is 12.6. The van der Waals surface area contributed by atoms with Gasteiger partial charge in [0.1, 0.15) is 5.75 Å². The lowest BCUT2D eigenvalue weighted by atomic mass is 10.1. The molecule has 4 nitrogen and oxygen atoms in total. The monoisotopic (exact) mass is 394 g/mol. The summed E-state index contributed by atoms with van der Waals surface area (Å²) in [5.74, 6) is -0.000908. The Bertz CT molecular complexity index is 974. The normalized spacial score (nSPS) is 10.6. The highest BCUT2D eigenvalue weighted by atomic mass is 32.2. The predicted molar refractivity (Wildman–Crippen MR) is 112 cm³/mol. The maximum Gasteiger partial charge on any atom is 0.372 e. The summed E-state index contributed by atoms with van der Waals surface area (Å²) in [7, 11) is 0. The standard InChI is InChI=1S/C23H22O4S/c1-3-7-16-12-14-18(15-13-16)22(24)27-19-10-5-8-17-9-6-11-20(21(17)19)28-23(25)26-4-2/h5-6,8-15H,3-4,7H2,1-2H3. The average Bonchev–Trinajstić information content (AvgIpc) is 2.69. The van der Waals surface area contributed by atoms with Crippen molar-refractivity contribution in [2.45, 2.75) is 31.6 Å². The van der Waals surface area contributed by atoms with Crippen LogP contribution < -0.4 is 4.74 Å². The summed E-state index contributed by atoms with van der Waals surface area (Å²) >= 11 is 0.990. The van der Waals surface area contributed by atoms with Crippen LogP contribution in [0.3, 0.4) is 0 Å². The highest BCUT2D eigenvalue weighted by Crippen LogP contribution is 2.36. The van der Waals surface area contributed by atoms with E-state index in [1.807, 2.05) is 42.5 Å². The van der Waals surface area contributed by atoms with Crippen LogP contribution >= 0.6 is 11.8 Å². The molecule has 144 valence electrons. The molecule has 0 N–H and O–H groups in total. The van der Waals surface area contributed by atoms with Gasteiger partial charge in [-0.25, -0.2) is 9.59 Å². The first-order chi connectivity index (χ1) is 13.6. The second kappa shape index (κ2) is 9.42. The average molecular weight is 394 g/mol. The molecule has 28 heavy (non-hydrogen) atoms. The van der Waals surface area contributed by atoms with E-state index >= 15 is 0 Å². The van der Waals surface area contributed by atoms with Crippen molar-refractivity contribution in [2.24, 2.45) is 0 Å². The van der Waals surface area contributed by atoms with Gasteiger partial charge in [-0.2, -0.15) is 0 Å². The summed E-state index contributed by atoms with van der Waals surface area (Å²) in [5, 5.41) is 1.22. The number of carbonyl (C=O) groups is 2. The Labute approximate surface area is 168 Å². The molecule has 0 atom stereocenters. The van der Waals surface area contributed by atoms with Crippen LogP contribution in [0, 0.1) is 0 Å². The second-order valence-electron chi connectivity index (χ2n) is 6.23. The fourth-order valence-electron chi connectivity index (χ4n) is 2.94. The number of carbonyl (C=O) groups excluding carboxylic acids is 2. The first-order valence-electron chi connectivity index (χ1n) is 9.29. The highest BCUT2D eigenvalue weighted by Gasteiger charge is 2.16. The summed E-state index contributed by atoms with van der Waals surface area (Å²) in [4.78, 5) is 25.3. The van der Waals surface area contributed by atoms with Crippen LogP contribution in [-0.2, 0) is 11.2 Å². The lowest BCUT2D eigenvalue weighted by Crippen LogP contribution is -2.09. The number of hydrogen-bond donors (Lipinski definition) is 0. The lowest BCUT2D eigenvalue weighted by molar-refractivity contribution is 0.0737. The van der Waals surface area contributed by atoms with Gasteiger partial charge in [0.05, 0.1) is 12.2 Å². The number of hydrogen-bond acceptors (Lipinski definition) is 5. The molecule has 0 aliphatic carbocycles. The topological polar surface area (TPSA) is 52.6 Å². The van der Waals surface area contributed by atoms with Crippen LogP contribution in [0.4, 0.5) is 4.79 Å². The minimum Gasteiger partial charge on any atom is -0.458 e. The van der Waals surface area contributed by atoms with Crippen LogP contribution in [0.2, 0.25) is 0 Å². The SMILES string of the molecule is CCCc1ccc(C(=O)Oc2cccc3cccc(SC(=O)OCC)c23)cc1. The zero-order chi connectivity index (χ0) is 19.9. The predicted octanol–water partition coefficient (Wildman–Crippen LogP) is 6.26. The van der Waals surface area contributed by atoms with Crippen LogP contribution in [0.15, 0.2) is 65.6 Å². The first kappa shape index (κ1) is 20.0. The van der Waals surface area contributed by atoms with Gasteiger partial charge < -0.3 is 9.47 Å². The summed E-state index contributed by atoms with van der Waals surface area (Å²) < 4.78 is 10.7. The van der Waals surface area contributed by atoms with Gasteiger partial charge in [-0.15, -0.1) is 0 Å². The minimum absolute atomic E-state index is 0.312. The Balaban J connectivity index is 1.89. The molecule has 0 bridgehead atoms. The highest BCUT2D eigenvalue weighted by molar-refractivity contribution is 8.13. The third-order valence-electron chi connectivity index (χ3n) is 4.21. The van der Waals surface area contributed by atoms with E-state index in [4.69, 9.17) is 9.47 Å². The molecular formula is C23H22O4S. The number of fused-ring (bicyclic) bond motifs is 1. The molecule has 3 rings (SSSR count). The zero-order valence-corrected chi connectivity index (χ0v) is 16.8. The number of aryl methyl sites for hydroxylation is 1. The number of rotatable bonds is 6. The van der Waals surface area contributed by atoms with Crippen molar-refractivity contribution in [1.82, 2.24) is 0 Å². The van der Waals surface area contributed by atoms with Crippen molar-refractivity contribution in [2.75, 3.05) is 6.61 Å². The smallest absolute Gasteiger partial charge is 0.372 e. The number of ether oxygens (including phenoxy) is 2. The molecule has 0 aromatic heterocycles. The Kier molecular flexibility index (Phi) is 6.71. The fourth-order valence-corrected chi connectivity index (χ4v) is 3.76. The molecule has 0 saturated carbocycles. The Morgan fingerprint density at radius 1 is 0.929 bits per heavy atom. The largest absolute Gasteiger partial charge is 0.458 e. The van der Waals surface area contributed by atoms with Gasteiger partial charge in [0.15, 0.2) is 0 Å². The van der Waals surface area contributed by atoms with E-state index in [9.17, 15) is 9.59 Å². The number of thioether (sulfide) groups is 1. The zero-order valence-electron chi connectivity index (χ0n) is 15.9. The van der Waals surface area contributed by atoms with Gasteiger partial charge in [0, 0.05) is 10.3 Å². The third-order valence-corrected chi connectivity index (χ3v) is 5.06. The first-order valence-corrected chi connectivity index (χ1v) is 10.1. The molecule has 0 heterocycles. The van der Waals surface area contributed by atoms with Gasteiger partial charge in [-0.1, -0.05) is 49.7 Å². The molecule has 0 aliphatic heterocycles. The number of esters is 1. The van der Waals surface area contributed by atoms with Crippen LogP contribution in [-0.4, -0.2) is 17.9 Å². The van der Waals surface area contributed by atoms with Gasteiger partial charge >= 0.3 is 11.3 Å². The van der Waals surface area contributed by atoms with Gasteiger partial charge in [0.2, 0.25) is 0 Å². The molecule has 0 saturated heterocycles. The molecule has 0 fully saturated rings. The van der Waals surface area contributed by atoms with Crippen molar-refractivity contribution in [3.8, 4) is 5.75 Å². The van der Waals surface area contributed by atoms with E-state index in [2.05, 4.69) is 6.92 Å². The quantitative estimate of drug-likeness (QED) is 0.280. The molecule has 0 aliphatic rings. The van der Waals surface area contributed by atoms with E-state index in [0.29, 0.717) is 22.8 Å². The Morgan fingerprint density at radius 3 is 2.32 bits per heavy atom. The second-order valence-corrected chi connectivity index (χ2v) is 7.21. The van der Waals surface area contributed by atoms with Gasteiger partial charge in [-0.05, 0) is 60.3 Å². The van der Waals surface area contributed by atoms with E-state index in [0.717, 1.165) is 35.4 Å². The van der Waals surface area contributed by atoms with Crippen molar-refractivity contribution in [3.63, 3.8) is 0 Å². The molecule has 3 aromatic carbocycles. The Hall–Kier alpha value is -2.79. The molecular weight excluding hydrogens is 372 g/mol. The van der Waals surface area contributed by atoms with Gasteiger partial charge in [0.25, 0.3) is 0 Å². The van der Waals surface area contributed by atoms with Crippen molar-refractivity contribution in [1.29, 1.82) is 0 Å². The van der Waals surface area contributed by atoms with Crippen molar-refractivity contribution >= 4 is 33.8 Å². The Morgan fingerprint density at radius 2 is 1.64 bits per heavy atom. The molecule has 0 unspecified atom stereocenters. The molecule has 0 spiro atoms. The van der Waals surface area contributed by atoms with Gasteiger partial charge in [-0.3, -0.25) is 0 Å². The van der Waals surface area contributed by atoms with E-state index in [-0.39, 0.29) is 5.30 Å². The summed E-state index contributed by atoms with van der Waals surface area (Å²) in [6.07, 6.45) is 2.04. The summed E-state index contributed by atoms with van der Waals surface area (Å²) in [6.45, 7) is 4.20. The molecule has 0 amide bonds. The summed E-state index contributed by atoms with van der Waals surface area (Å²) in [5.41, 5.74) is 1.68. The van der Waals surface area contributed by atoms with Crippen LogP contribution in [0.25, 0.3) is 10.8 Å². The molecule has 5 heteroatoms. The van der Waals surface area contributed by atoms with E-state index in [1.54, 1.807) is 25.1 Å². The number of benzene rings is 3. The lowest BCUT2D eigenvalue weighted by Gasteiger charge is -2.11. The fraction of sp³-hybridized carbons (Fsp3) is 0.217. The molecule has 0 radical (unpaired) electrons. The van der Waals surface area contributed by atoms with Crippen LogP contribution in [0.5, 0.6) is 5.75 Å². The third kappa shape index (κ3) is 4.73. The maximum atomic E-state index is 12.6. The van der Waals surface area contributed by atoms with Crippen molar-refractivity contribution in [3.05, 3.63) is 71.8 Å². The minimum atomic E-state index is -0.425. The van der Waals surface area contributed by atoms with Crippen molar-refractivity contribution < 1.29 is 19.1 Å².